The van der Waals surface area contributed by atoms with Gasteiger partial charge in [0.2, 0.25) is 0 Å². The summed E-state index contributed by atoms with van der Waals surface area (Å²) in [5, 5.41) is 0. The van der Waals surface area contributed by atoms with Crippen molar-refractivity contribution in [2.75, 3.05) is 14.1 Å². The second-order valence-electron chi connectivity index (χ2n) is 2.36. The quantitative estimate of drug-likeness (QED) is 0.630. The topological polar surface area (TPSA) is 29.3 Å². The Kier molecular flexibility index (Phi) is 3.75. The van der Waals surface area contributed by atoms with Gasteiger partial charge in [-0.1, -0.05) is 24.4 Å². The summed E-state index contributed by atoms with van der Waals surface area (Å²) in [6.45, 7) is 1.91. The van der Waals surface area contributed by atoms with E-state index in [1.54, 1.807) is 0 Å². The van der Waals surface area contributed by atoms with Crippen LogP contribution in [0.25, 0.3) is 0 Å². The number of rotatable bonds is 2. The van der Waals surface area contributed by atoms with Crippen molar-refractivity contribution in [3.05, 3.63) is 0 Å². The lowest BCUT2D eigenvalue weighted by molar-refractivity contribution is 0.609. The fourth-order valence-corrected chi connectivity index (χ4v) is 0.822. The van der Waals surface area contributed by atoms with Gasteiger partial charge < -0.3 is 10.6 Å². The SMILES string of the molecule is C[C@@H](C(N)=S)C(=S)N(C)C. The summed E-state index contributed by atoms with van der Waals surface area (Å²) < 4.78 is 0. The maximum absolute atomic E-state index is 5.39. The van der Waals surface area contributed by atoms with E-state index >= 15 is 0 Å². The van der Waals surface area contributed by atoms with Crippen LogP contribution in [0.15, 0.2) is 0 Å². The predicted molar refractivity (Wildman–Crippen MR) is 52.2 cm³/mol. The van der Waals surface area contributed by atoms with Gasteiger partial charge in [-0.25, -0.2) is 0 Å². The average molecular weight is 176 g/mol. The molecular formula is C6H12N2S2. The van der Waals surface area contributed by atoms with Crippen LogP contribution in [0.3, 0.4) is 0 Å². The molecule has 0 saturated carbocycles. The molecule has 58 valence electrons. The van der Waals surface area contributed by atoms with E-state index in [0.29, 0.717) is 4.99 Å². The number of nitrogens with two attached hydrogens (primary N) is 1. The van der Waals surface area contributed by atoms with Crippen LogP contribution in [0.4, 0.5) is 0 Å². The number of hydrogen-bond donors (Lipinski definition) is 1. The smallest absolute Gasteiger partial charge is 0.0870 e. The number of hydrogen-bond acceptors (Lipinski definition) is 2. The zero-order chi connectivity index (χ0) is 8.31. The lowest BCUT2D eigenvalue weighted by Crippen LogP contribution is -2.33. The van der Waals surface area contributed by atoms with E-state index in [4.69, 9.17) is 30.2 Å². The molecule has 0 unspecified atom stereocenters. The van der Waals surface area contributed by atoms with E-state index in [-0.39, 0.29) is 5.92 Å². The van der Waals surface area contributed by atoms with Crippen LogP contribution in [0.2, 0.25) is 0 Å². The molecule has 0 aliphatic rings. The molecule has 10 heavy (non-hydrogen) atoms. The summed E-state index contributed by atoms with van der Waals surface area (Å²) in [6.07, 6.45) is 0. The fourth-order valence-electron chi connectivity index (χ4n) is 0.509. The molecule has 0 heterocycles. The monoisotopic (exact) mass is 176 g/mol. The van der Waals surface area contributed by atoms with Gasteiger partial charge in [-0.15, -0.1) is 0 Å². The van der Waals surface area contributed by atoms with Crippen molar-refractivity contribution < 1.29 is 0 Å². The lowest BCUT2D eigenvalue weighted by atomic mass is 10.2. The standard InChI is InChI=1S/C6H12N2S2/c1-4(5(7)9)6(10)8(2)3/h4H,1-3H3,(H2,7,9)/t4-/m0/s1. The lowest BCUT2D eigenvalue weighted by Gasteiger charge is -2.18. The molecule has 0 aromatic rings. The van der Waals surface area contributed by atoms with E-state index in [0.717, 1.165) is 4.99 Å². The molecule has 0 rings (SSSR count). The molecule has 0 fully saturated rings. The summed E-state index contributed by atoms with van der Waals surface area (Å²) in [6, 6.07) is 0. The maximum atomic E-state index is 5.39. The van der Waals surface area contributed by atoms with Crippen molar-refractivity contribution in [1.82, 2.24) is 4.90 Å². The Morgan fingerprint density at radius 2 is 1.80 bits per heavy atom. The van der Waals surface area contributed by atoms with Gasteiger partial charge in [-0.2, -0.15) is 0 Å². The van der Waals surface area contributed by atoms with Crippen molar-refractivity contribution in [1.29, 1.82) is 0 Å². The summed E-state index contributed by atoms with van der Waals surface area (Å²) >= 11 is 9.81. The van der Waals surface area contributed by atoms with Gasteiger partial charge in [0.25, 0.3) is 0 Å². The van der Waals surface area contributed by atoms with E-state index < -0.39 is 0 Å². The minimum Gasteiger partial charge on any atom is -0.393 e. The highest BCUT2D eigenvalue weighted by molar-refractivity contribution is 7.82. The molecule has 0 amide bonds. The zero-order valence-corrected chi connectivity index (χ0v) is 8.05. The largest absolute Gasteiger partial charge is 0.393 e. The van der Waals surface area contributed by atoms with Crippen molar-refractivity contribution in [2.45, 2.75) is 6.92 Å². The van der Waals surface area contributed by atoms with Crippen LogP contribution in [-0.2, 0) is 0 Å². The molecule has 0 bridgehead atoms. The van der Waals surface area contributed by atoms with Crippen LogP contribution in [-0.4, -0.2) is 29.0 Å². The molecule has 2 N–H and O–H groups in total. The molecular weight excluding hydrogens is 164 g/mol. The van der Waals surface area contributed by atoms with Gasteiger partial charge in [0.15, 0.2) is 0 Å². The van der Waals surface area contributed by atoms with Crippen molar-refractivity contribution in [3.8, 4) is 0 Å². The van der Waals surface area contributed by atoms with Crippen molar-refractivity contribution in [2.24, 2.45) is 11.7 Å². The third-order valence-corrected chi connectivity index (χ3v) is 2.31. The zero-order valence-electron chi connectivity index (χ0n) is 6.42. The second kappa shape index (κ2) is 3.83. The predicted octanol–water partition coefficient (Wildman–Crippen LogP) is 0.798. The molecule has 0 aromatic heterocycles. The second-order valence-corrected chi connectivity index (χ2v) is 3.25. The van der Waals surface area contributed by atoms with Crippen LogP contribution in [0, 0.1) is 5.92 Å². The summed E-state index contributed by atoms with van der Waals surface area (Å²) in [4.78, 5) is 3.09. The highest BCUT2D eigenvalue weighted by Crippen LogP contribution is 2.01. The number of thiocarbonyl (C=S) groups is 2. The van der Waals surface area contributed by atoms with Gasteiger partial charge in [-0.3, -0.25) is 0 Å². The Labute approximate surface area is 72.4 Å². The Hall–Kier alpha value is -0.220. The van der Waals surface area contributed by atoms with Crippen molar-refractivity contribution >= 4 is 34.4 Å². The van der Waals surface area contributed by atoms with Crippen LogP contribution in [0.1, 0.15) is 6.92 Å². The molecule has 0 aliphatic carbocycles. The Morgan fingerprint density at radius 3 is 1.90 bits per heavy atom. The molecule has 1 atom stereocenters. The van der Waals surface area contributed by atoms with Gasteiger partial charge in [0.05, 0.1) is 15.9 Å². The first-order valence-corrected chi connectivity index (χ1v) is 3.79. The van der Waals surface area contributed by atoms with Gasteiger partial charge in [0, 0.05) is 14.1 Å². The summed E-state index contributed by atoms with van der Waals surface area (Å²) in [5.41, 5.74) is 5.39. The molecule has 2 nitrogen and oxygen atoms in total. The third-order valence-electron chi connectivity index (χ3n) is 1.24. The third kappa shape index (κ3) is 2.58. The van der Waals surface area contributed by atoms with Crippen LogP contribution < -0.4 is 5.73 Å². The minimum atomic E-state index is 0.0278. The highest BCUT2D eigenvalue weighted by atomic mass is 32.1. The van der Waals surface area contributed by atoms with Crippen LogP contribution >= 0.6 is 24.4 Å². The number of nitrogens with zero attached hydrogens (tertiary/aromatic N) is 1. The normalized spacial score (nSPS) is 12.3. The van der Waals surface area contributed by atoms with E-state index in [1.165, 1.54) is 0 Å². The highest BCUT2D eigenvalue weighted by Gasteiger charge is 2.12. The fraction of sp³-hybridized carbons (Fsp3) is 0.667. The Balaban J connectivity index is 4.08. The molecule has 0 saturated heterocycles. The van der Waals surface area contributed by atoms with Crippen molar-refractivity contribution in [3.63, 3.8) is 0 Å². The first-order chi connectivity index (χ1) is 4.46. The first kappa shape index (κ1) is 9.78. The van der Waals surface area contributed by atoms with E-state index in [1.807, 2.05) is 25.9 Å². The van der Waals surface area contributed by atoms with E-state index in [9.17, 15) is 0 Å². The molecule has 0 spiro atoms. The molecule has 0 radical (unpaired) electrons. The minimum absolute atomic E-state index is 0.0278. The van der Waals surface area contributed by atoms with Gasteiger partial charge in [-0.05, 0) is 6.92 Å². The molecule has 0 aromatic carbocycles. The Bertz CT molecular complexity index is 154. The Morgan fingerprint density at radius 1 is 1.40 bits per heavy atom. The maximum Gasteiger partial charge on any atom is 0.0870 e. The van der Waals surface area contributed by atoms with Gasteiger partial charge >= 0.3 is 0 Å². The molecule has 4 heteroatoms. The van der Waals surface area contributed by atoms with E-state index in [2.05, 4.69) is 0 Å². The summed E-state index contributed by atoms with van der Waals surface area (Å²) in [7, 11) is 3.77. The summed E-state index contributed by atoms with van der Waals surface area (Å²) in [5.74, 6) is 0.0278. The average Bonchev–Trinajstić information content (AvgIpc) is 1.84. The molecule has 0 aliphatic heterocycles. The van der Waals surface area contributed by atoms with Gasteiger partial charge in [0.1, 0.15) is 0 Å². The van der Waals surface area contributed by atoms with Crippen LogP contribution in [0.5, 0.6) is 0 Å². The first-order valence-electron chi connectivity index (χ1n) is 2.97.